The molecule has 1 unspecified atom stereocenters. The fourth-order valence-electron chi connectivity index (χ4n) is 2.98. The van der Waals surface area contributed by atoms with Crippen LogP contribution in [0.3, 0.4) is 0 Å². The summed E-state index contributed by atoms with van der Waals surface area (Å²) in [6.45, 7) is 5.80. The van der Waals surface area contributed by atoms with Gasteiger partial charge in [-0.15, -0.1) is 0 Å². The molecule has 0 bridgehead atoms. The molecule has 0 N–H and O–H groups in total. The highest BCUT2D eigenvalue weighted by molar-refractivity contribution is 8.00. The molecule has 5 nitrogen and oxygen atoms in total. The monoisotopic (exact) mass is 415 g/mol. The van der Waals surface area contributed by atoms with Crippen molar-refractivity contribution in [3.63, 3.8) is 0 Å². The lowest BCUT2D eigenvalue weighted by Gasteiger charge is -2.20. The van der Waals surface area contributed by atoms with Crippen LogP contribution in [0, 0.1) is 13.8 Å². The van der Waals surface area contributed by atoms with Gasteiger partial charge >= 0.3 is 0 Å². The molecule has 0 spiro atoms. The molecule has 146 valence electrons. The lowest BCUT2D eigenvalue weighted by Crippen LogP contribution is -2.31. The van der Waals surface area contributed by atoms with Gasteiger partial charge in [-0.05, 0) is 56.2 Å². The second kappa shape index (κ2) is 7.97. The van der Waals surface area contributed by atoms with Crippen molar-refractivity contribution in [1.29, 1.82) is 0 Å². The summed E-state index contributed by atoms with van der Waals surface area (Å²) in [5.74, 6) is -0.0436. The first-order valence-electron chi connectivity index (χ1n) is 8.87. The number of hydrogen-bond acceptors (Lipinski definition) is 4. The first kappa shape index (κ1) is 20.4. The van der Waals surface area contributed by atoms with Crippen LogP contribution in [-0.4, -0.2) is 39.7 Å². The maximum absolute atomic E-state index is 13.4. The molecule has 2 aromatic carbocycles. The molecule has 0 fully saturated rings. The van der Waals surface area contributed by atoms with Crippen LogP contribution < -0.4 is 5.56 Å². The molecule has 0 saturated heterocycles. The van der Waals surface area contributed by atoms with E-state index in [9.17, 15) is 9.59 Å². The molecule has 1 atom stereocenters. The van der Waals surface area contributed by atoms with Gasteiger partial charge in [0, 0.05) is 19.1 Å². The van der Waals surface area contributed by atoms with Crippen LogP contribution in [0.4, 0.5) is 0 Å². The second-order valence-electron chi connectivity index (χ2n) is 6.91. The predicted molar refractivity (Wildman–Crippen MR) is 116 cm³/mol. The Morgan fingerprint density at radius 1 is 1.21 bits per heavy atom. The molecule has 1 heterocycles. The summed E-state index contributed by atoms with van der Waals surface area (Å²) in [4.78, 5) is 32.0. The quantitative estimate of drug-likeness (QED) is 0.472. The van der Waals surface area contributed by atoms with Gasteiger partial charge in [-0.3, -0.25) is 14.2 Å². The lowest BCUT2D eigenvalue weighted by atomic mass is 10.1. The van der Waals surface area contributed by atoms with Gasteiger partial charge in [-0.25, -0.2) is 4.98 Å². The number of thioether (sulfide) groups is 1. The Balaban J connectivity index is 2.29. The van der Waals surface area contributed by atoms with E-state index in [4.69, 9.17) is 16.6 Å². The maximum atomic E-state index is 13.4. The summed E-state index contributed by atoms with van der Waals surface area (Å²) in [5.41, 5.74) is 3.18. The number of benzene rings is 2. The van der Waals surface area contributed by atoms with Gasteiger partial charge in [0.15, 0.2) is 5.16 Å². The van der Waals surface area contributed by atoms with Gasteiger partial charge in [0.25, 0.3) is 5.56 Å². The predicted octanol–water partition coefficient (Wildman–Crippen LogP) is 4.22. The molecular weight excluding hydrogens is 394 g/mol. The number of nitrogens with zero attached hydrogens (tertiary/aromatic N) is 3. The molecule has 0 aliphatic carbocycles. The summed E-state index contributed by atoms with van der Waals surface area (Å²) in [6, 6.07) is 10.9. The van der Waals surface area contributed by atoms with E-state index >= 15 is 0 Å². The van der Waals surface area contributed by atoms with E-state index in [0.29, 0.717) is 21.1 Å². The Bertz CT molecular complexity index is 1120. The number of halogens is 1. The summed E-state index contributed by atoms with van der Waals surface area (Å²) in [7, 11) is 3.43. The molecular formula is C21H22ClN3O2S. The standard InChI is InChI=1S/C21H22ClN3O2S/c1-12-7-6-8-18(13(12)2)25-20(27)16-10-9-15(22)11-17(16)23-21(25)28-14(3)19(26)24(4)5/h6-11,14H,1-5H3. The van der Waals surface area contributed by atoms with Gasteiger partial charge in [-0.1, -0.05) is 35.5 Å². The number of aryl methyl sites for hydroxylation is 1. The fourth-order valence-corrected chi connectivity index (χ4v) is 4.21. The maximum Gasteiger partial charge on any atom is 0.266 e. The molecule has 0 aliphatic heterocycles. The van der Waals surface area contributed by atoms with E-state index in [2.05, 4.69) is 0 Å². The first-order valence-corrected chi connectivity index (χ1v) is 10.1. The minimum atomic E-state index is -0.394. The van der Waals surface area contributed by atoms with E-state index < -0.39 is 5.25 Å². The summed E-state index contributed by atoms with van der Waals surface area (Å²) >= 11 is 7.38. The molecule has 0 radical (unpaired) electrons. The van der Waals surface area contributed by atoms with Crippen molar-refractivity contribution < 1.29 is 4.79 Å². The number of carbonyl (C=O) groups excluding carboxylic acids is 1. The zero-order valence-electron chi connectivity index (χ0n) is 16.5. The first-order chi connectivity index (χ1) is 13.2. The average molecular weight is 416 g/mol. The van der Waals surface area contributed by atoms with Crippen molar-refractivity contribution in [2.75, 3.05) is 14.1 Å². The van der Waals surface area contributed by atoms with Gasteiger partial charge in [0.05, 0.1) is 21.8 Å². The van der Waals surface area contributed by atoms with Crippen molar-refractivity contribution in [1.82, 2.24) is 14.5 Å². The molecule has 0 saturated carbocycles. The number of carbonyl (C=O) groups is 1. The van der Waals surface area contributed by atoms with Crippen LogP contribution in [0.1, 0.15) is 18.1 Å². The number of hydrogen-bond donors (Lipinski definition) is 0. The van der Waals surface area contributed by atoms with Crippen LogP contribution in [0.25, 0.3) is 16.6 Å². The van der Waals surface area contributed by atoms with E-state index in [-0.39, 0.29) is 11.5 Å². The molecule has 7 heteroatoms. The van der Waals surface area contributed by atoms with E-state index in [0.717, 1.165) is 16.8 Å². The van der Waals surface area contributed by atoms with Gasteiger partial charge in [0.2, 0.25) is 5.91 Å². The Hall–Kier alpha value is -2.31. The summed E-state index contributed by atoms with van der Waals surface area (Å²) < 4.78 is 1.60. The van der Waals surface area contributed by atoms with Crippen molar-refractivity contribution in [3.05, 3.63) is 62.9 Å². The Morgan fingerprint density at radius 2 is 1.93 bits per heavy atom. The number of rotatable bonds is 4. The summed E-state index contributed by atoms with van der Waals surface area (Å²) in [6.07, 6.45) is 0. The topological polar surface area (TPSA) is 55.2 Å². The number of fused-ring (bicyclic) bond motifs is 1. The molecule has 1 amide bonds. The molecule has 0 aliphatic rings. The number of aromatic nitrogens is 2. The zero-order chi connectivity index (χ0) is 20.6. The lowest BCUT2D eigenvalue weighted by molar-refractivity contribution is -0.127. The second-order valence-corrected chi connectivity index (χ2v) is 8.65. The molecule has 3 aromatic rings. The SMILES string of the molecule is Cc1cccc(-n2c(SC(C)C(=O)N(C)C)nc3cc(Cl)ccc3c2=O)c1C. The third kappa shape index (κ3) is 3.80. The van der Waals surface area contributed by atoms with Crippen LogP contribution in [0.2, 0.25) is 5.02 Å². The van der Waals surface area contributed by atoms with Gasteiger partial charge in [0.1, 0.15) is 0 Å². The smallest absolute Gasteiger partial charge is 0.266 e. The number of amides is 1. The van der Waals surface area contributed by atoms with E-state index in [1.165, 1.54) is 16.7 Å². The van der Waals surface area contributed by atoms with Crippen LogP contribution in [-0.2, 0) is 4.79 Å². The normalized spacial score (nSPS) is 12.2. The highest BCUT2D eigenvalue weighted by Gasteiger charge is 2.22. The Kier molecular flexibility index (Phi) is 5.82. The zero-order valence-corrected chi connectivity index (χ0v) is 18.1. The van der Waals surface area contributed by atoms with Crippen molar-refractivity contribution >= 4 is 40.2 Å². The minimum absolute atomic E-state index is 0.0436. The molecule has 28 heavy (non-hydrogen) atoms. The third-order valence-corrected chi connectivity index (χ3v) is 5.96. The minimum Gasteiger partial charge on any atom is -0.348 e. The van der Waals surface area contributed by atoms with E-state index in [1.807, 2.05) is 39.0 Å². The van der Waals surface area contributed by atoms with Crippen molar-refractivity contribution in [2.24, 2.45) is 0 Å². The third-order valence-electron chi connectivity index (χ3n) is 4.69. The molecule has 1 aromatic heterocycles. The van der Waals surface area contributed by atoms with E-state index in [1.54, 1.807) is 36.9 Å². The van der Waals surface area contributed by atoms with Crippen LogP contribution in [0.15, 0.2) is 46.3 Å². The highest BCUT2D eigenvalue weighted by atomic mass is 35.5. The van der Waals surface area contributed by atoms with Crippen molar-refractivity contribution in [2.45, 2.75) is 31.2 Å². The van der Waals surface area contributed by atoms with Gasteiger partial charge in [-0.2, -0.15) is 0 Å². The van der Waals surface area contributed by atoms with Crippen LogP contribution in [0.5, 0.6) is 0 Å². The fraction of sp³-hybridized carbons (Fsp3) is 0.286. The molecule has 3 rings (SSSR count). The van der Waals surface area contributed by atoms with Crippen molar-refractivity contribution in [3.8, 4) is 5.69 Å². The highest BCUT2D eigenvalue weighted by Crippen LogP contribution is 2.28. The van der Waals surface area contributed by atoms with Crippen LogP contribution >= 0.6 is 23.4 Å². The summed E-state index contributed by atoms with van der Waals surface area (Å²) in [5, 5.41) is 1.07. The van der Waals surface area contributed by atoms with Gasteiger partial charge < -0.3 is 4.90 Å². The Labute approximate surface area is 173 Å². The Morgan fingerprint density at radius 3 is 2.61 bits per heavy atom. The largest absolute Gasteiger partial charge is 0.348 e. The average Bonchev–Trinajstić information content (AvgIpc) is 2.63.